The van der Waals surface area contributed by atoms with E-state index in [0.29, 0.717) is 25.4 Å². The maximum atomic E-state index is 13.2. The van der Waals surface area contributed by atoms with Gasteiger partial charge < -0.3 is 24.3 Å². The number of carbonyl (C=O) groups excluding carboxylic acids is 1. The van der Waals surface area contributed by atoms with E-state index in [1.165, 1.54) is 19.3 Å². The van der Waals surface area contributed by atoms with Crippen LogP contribution in [0.25, 0.3) is 0 Å². The van der Waals surface area contributed by atoms with Gasteiger partial charge in [0.15, 0.2) is 8.32 Å². The topological polar surface area (TPSA) is 94.1 Å². The molecule has 8 heteroatoms. The average molecular weight is 640 g/mol. The van der Waals surface area contributed by atoms with Gasteiger partial charge in [0.25, 0.3) is 0 Å². The van der Waals surface area contributed by atoms with Crippen molar-refractivity contribution in [3.8, 4) is 5.75 Å². The minimum Gasteiger partial charge on any atom is -0.489 e. The van der Waals surface area contributed by atoms with Gasteiger partial charge in [-0.3, -0.25) is 4.79 Å². The highest BCUT2D eigenvalue weighted by Gasteiger charge is 2.43. The molecule has 3 rings (SSSR count). The number of nitrogens with one attached hydrogen (secondary N) is 1. The number of alkyl carbamates (subject to hydrolysis) is 1. The SMILES string of the molecule is CC(C)(C)OC(=O)NC(CC1CCCCC1)C(CC(Cc1ccc(OCc2ccccc2)cc1)C(=O)O)O[Si](C)(C)C(C)(C)C. The van der Waals surface area contributed by atoms with Crippen LogP contribution in [0.1, 0.15) is 97.6 Å². The molecule has 2 aromatic carbocycles. The van der Waals surface area contributed by atoms with Crippen molar-refractivity contribution < 1.29 is 28.6 Å². The van der Waals surface area contributed by atoms with Crippen LogP contribution in [-0.4, -0.2) is 43.2 Å². The molecule has 0 aromatic heterocycles. The first-order valence-corrected chi connectivity index (χ1v) is 19.6. The second-order valence-electron chi connectivity index (χ2n) is 15.3. The first kappa shape index (κ1) is 36.6. The number of carboxylic acid groups (broad SMARTS) is 1. The van der Waals surface area contributed by atoms with E-state index < -0.39 is 38.0 Å². The van der Waals surface area contributed by atoms with E-state index in [0.717, 1.165) is 36.1 Å². The summed E-state index contributed by atoms with van der Waals surface area (Å²) in [6, 6.07) is 17.3. The van der Waals surface area contributed by atoms with E-state index in [1.54, 1.807) is 0 Å². The number of aliphatic carboxylic acids is 1. The van der Waals surface area contributed by atoms with E-state index in [1.807, 2.05) is 75.4 Å². The molecule has 3 unspecified atom stereocenters. The van der Waals surface area contributed by atoms with Crippen molar-refractivity contribution in [2.24, 2.45) is 11.8 Å². The molecule has 45 heavy (non-hydrogen) atoms. The molecular formula is C37H57NO6Si. The van der Waals surface area contributed by atoms with Crippen LogP contribution in [0, 0.1) is 11.8 Å². The quantitative estimate of drug-likeness (QED) is 0.200. The fourth-order valence-corrected chi connectivity index (χ4v) is 7.06. The molecule has 3 atom stereocenters. The van der Waals surface area contributed by atoms with Gasteiger partial charge >= 0.3 is 12.1 Å². The van der Waals surface area contributed by atoms with E-state index >= 15 is 0 Å². The molecule has 0 heterocycles. The molecule has 1 aliphatic carbocycles. The van der Waals surface area contributed by atoms with Crippen LogP contribution in [0.4, 0.5) is 4.79 Å². The lowest BCUT2D eigenvalue weighted by Crippen LogP contribution is -2.54. The number of carboxylic acids is 1. The van der Waals surface area contributed by atoms with Crippen LogP contribution < -0.4 is 10.1 Å². The normalized spacial score (nSPS) is 16.8. The molecule has 0 spiro atoms. The maximum absolute atomic E-state index is 13.2. The van der Waals surface area contributed by atoms with Crippen molar-refractivity contribution in [2.45, 2.75) is 135 Å². The fraction of sp³-hybridized carbons (Fsp3) is 0.622. The lowest BCUT2D eigenvalue weighted by molar-refractivity contribution is -0.142. The molecule has 2 aromatic rings. The summed E-state index contributed by atoms with van der Waals surface area (Å²) < 4.78 is 18.7. The molecule has 7 nitrogen and oxygen atoms in total. The Hall–Kier alpha value is -2.84. The van der Waals surface area contributed by atoms with Crippen LogP contribution in [0.3, 0.4) is 0 Å². The van der Waals surface area contributed by atoms with E-state index in [4.69, 9.17) is 13.9 Å². The highest BCUT2D eigenvalue weighted by atomic mass is 28.4. The van der Waals surface area contributed by atoms with Crippen LogP contribution in [0.5, 0.6) is 5.75 Å². The number of carbonyl (C=O) groups is 2. The molecule has 250 valence electrons. The molecular weight excluding hydrogens is 582 g/mol. The van der Waals surface area contributed by atoms with Gasteiger partial charge in [0, 0.05) is 0 Å². The van der Waals surface area contributed by atoms with E-state index in [2.05, 4.69) is 39.2 Å². The second-order valence-corrected chi connectivity index (χ2v) is 20.1. The summed E-state index contributed by atoms with van der Waals surface area (Å²) in [7, 11) is -2.33. The number of hydrogen-bond donors (Lipinski definition) is 2. The van der Waals surface area contributed by atoms with Gasteiger partial charge in [-0.05, 0) is 87.3 Å². The fourth-order valence-electron chi connectivity index (χ4n) is 5.69. The van der Waals surface area contributed by atoms with Crippen LogP contribution in [0.15, 0.2) is 54.6 Å². The summed E-state index contributed by atoms with van der Waals surface area (Å²) >= 11 is 0. The Morgan fingerprint density at radius 1 is 0.911 bits per heavy atom. The number of ether oxygens (including phenoxy) is 2. The first-order valence-electron chi connectivity index (χ1n) is 16.7. The van der Waals surface area contributed by atoms with Gasteiger partial charge in [0.05, 0.1) is 18.1 Å². The Kier molecular flexibility index (Phi) is 13.1. The molecule has 1 aliphatic rings. The summed E-state index contributed by atoms with van der Waals surface area (Å²) in [6.45, 7) is 17.0. The predicted octanol–water partition coefficient (Wildman–Crippen LogP) is 9.15. The predicted molar refractivity (Wildman–Crippen MR) is 183 cm³/mol. The lowest BCUT2D eigenvalue weighted by Gasteiger charge is -2.43. The summed E-state index contributed by atoms with van der Waals surface area (Å²) in [5.41, 5.74) is 1.36. The van der Waals surface area contributed by atoms with Crippen molar-refractivity contribution in [1.82, 2.24) is 5.32 Å². The van der Waals surface area contributed by atoms with Crippen molar-refractivity contribution in [3.05, 3.63) is 65.7 Å². The Morgan fingerprint density at radius 2 is 1.53 bits per heavy atom. The third-order valence-corrected chi connectivity index (χ3v) is 13.7. The molecule has 0 aliphatic heterocycles. The maximum Gasteiger partial charge on any atom is 0.407 e. The van der Waals surface area contributed by atoms with E-state index in [-0.39, 0.29) is 11.1 Å². The number of amides is 1. The minimum atomic E-state index is -2.33. The van der Waals surface area contributed by atoms with Gasteiger partial charge in [0.2, 0.25) is 0 Å². The van der Waals surface area contributed by atoms with E-state index in [9.17, 15) is 14.7 Å². The number of rotatable bonds is 14. The van der Waals surface area contributed by atoms with Gasteiger partial charge in [-0.1, -0.05) is 95.3 Å². The Morgan fingerprint density at radius 3 is 2.09 bits per heavy atom. The summed E-state index contributed by atoms with van der Waals surface area (Å²) in [4.78, 5) is 25.9. The Labute approximate surface area is 272 Å². The average Bonchev–Trinajstić information content (AvgIpc) is 2.95. The standard InChI is InChI=1S/C37H57NO6Si/c1-36(2,3)43-35(41)38-32(24-27-15-11-9-12-16-27)33(44-45(7,8)37(4,5)6)25-30(34(39)40)23-28-19-21-31(22-20-28)42-26-29-17-13-10-14-18-29/h10,13-14,17-22,27,30,32-33H,9,11-12,15-16,23-26H2,1-8H3,(H,38,41)(H,39,40). The number of benzene rings is 2. The molecule has 1 amide bonds. The summed E-state index contributed by atoms with van der Waals surface area (Å²) in [5.74, 6) is -0.360. The van der Waals surface area contributed by atoms with Crippen LogP contribution in [0.2, 0.25) is 18.1 Å². The zero-order valence-corrected chi connectivity index (χ0v) is 29.9. The van der Waals surface area contributed by atoms with Gasteiger partial charge in [0.1, 0.15) is 18.0 Å². The second kappa shape index (κ2) is 16.1. The van der Waals surface area contributed by atoms with Gasteiger partial charge in [-0.2, -0.15) is 0 Å². The Bertz CT molecular complexity index is 1200. The third kappa shape index (κ3) is 12.5. The van der Waals surface area contributed by atoms with Crippen molar-refractivity contribution in [2.75, 3.05) is 0 Å². The van der Waals surface area contributed by atoms with Crippen molar-refractivity contribution in [1.29, 1.82) is 0 Å². The molecule has 1 saturated carbocycles. The van der Waals surface area contributed by atoms with Crippen LogP contribution in [-0.2, 0) is 27.0 Å². The zero-order valence-electron chi connectivity index (χ0n) is 28.9. The molecule has 0 bridgehead atoms. The van der Waals surface area contributed by atoms with Gasteiger partial charge in [-0.25, -0.2) is 4.79 Å². The molecule has 0 saturated heterocycles. The summed E-state index contributed by atoms with van der Waals surface area (Å²) in [5, 5.41) is 13.5. The van der Waals surface area contributed by atoms with Gasteiger partial charge in [-0.15, -0.1) is 0 Å². The third-order valence-electron chi connectivity index (χ3n) is 9.23. The van der Waals surface area contributed by atoms with Crippen LogP contribution >= 0.6 is 0 Å². The monoisotopic (exact) mass is 639 g/mol. The van der Waals surface area contributed by atoms with Crippen molar-refractivity contribution in [3.63, 3.8) is 0 Å². The molecule has 1 fully saturated rings. The highest BCUT2D eigenvalue weighted by molar-refractivity contribution is 6.74. The number of hydrogen-bond acceptors (Lipinski definition) is 5. The zero-order chi connectivity index (χ0) is 33.3. The Balaban J connectivity index is 1.84. The summed E-state index contributed by atoms with van der Waals surface area (Å²) in [6.07, 6.45) is 6.27. The largest absolute Gasteiger partial charge is 0.489 e. The highest BCUT2D eigenvalue weighted by Crippen LogP contribution is 2.40. The smallest absolute Gasteiger partial charge is 0.407 e. The minimum absolute atomic E-state index is 0.0825. The van der Waals surface area contributed by atoms with Crippen molar-refractivity contribution >= 4 is 20.4 Å². The first-order chi connectivity index (χ1) is 21.0. The molecule has 0 radical (unpaired) electrons. The lowest BCUT2D eigenvalue weighted by atomic mass is 9.82. The molecule has 2 N–H and O–H groups in total.